The third kappa shape index (κ3) is 2.61. The molecule has 1 aromatic heterocycles. The van der Waals surface area contributed by atoms with E-state index in [1.807, 2.05) is 6.07 Å². The van der Waals surface area contributed by atoms with Gasteiger partial charge < -0.3 is 21.5 Å². The maximum atomic E-state index is 9.09. The van der Waals surface area contributed by atoms with Crippen LogP contribution in [0.5, 0.6) is 0 Å². The summed E-state index contributed by atoms with van der Waals surface area (Å²) >= 11 is 0. The lowest BCUT2D eigenvalue weighted by molar-refractivity contribution is 0.262. The second kappa shape index (κ2) is 5.23. The Kier molecular flexibility index (Phi) is 3.68. The van der Waals surface area contributed by atoms with E-state index in [2.05, 4.69) is 9.88 Å². The van der Waals surface area contributed by atoms with Crippen LogP contribution in [0.15, 0.2) is 12.1 Å². The van der Waals surface area contributed by atoms with E-state index < -0.39 is 0 Å². The summed E-state index contributed by atoms with van der Waals surface area (Å²) in [6.45, 7) is 1.19. The van der Waals surface area contributed by atoms with Crippen LogP contribution in [0.2, 0.25) is 0 Å². The summed E-state index contributed by atoms with van der Waals surface area (Å²) < 4.78 is 0. The Morgan fingerprint density at radius 3 is 2.88 bits per heavy atom. The molecule has 0 aromatic carbocycles. The fourth-order valence-electron chi connectivity index (χ4n) is 2.39. The van der Waals surface area contributed by atoms with Gasteiger partial charge in [0, 0.05) is 19.2 Å². The highest BCUT2D eigenvalue weighted by atomic mass is 16.3. The first-order chi connectivity index (χ1) is 8.22. The molecule has 1 saturated heterocycles. The monoisotopic (exact) mass is 236 g/mol. The summed E-state index contributed by atoms with van der Waals surface area (Å²) in [7, 11) is 0. The fourth-order valence-corrected chi connectivity index (χ4v) is 2.39. The topological polar surface area (TPSA) is 88.4 Å². The van der Waals surface area contributed by atoms with Gasteiger partial charge in [0.15, 0.2) is 0 Å². The van der Waals surface area contributed by atoms with E-state index >= 15 is 0 Å². The number of rotatable bonds is 3. The van der Waals surface area contributed by atoms with Crippen molar-refractivity contribution in [2.45, 2.75) is 31.7 Å². The zero-order valence-electron chi connectivity index (χ0n) is 9.97. The van der Waals surface area contributed by atoms with Crippen LogP contribution in [0.4, 0.5) is 17.3 Å². The lowest BCUT2D eigenvalue weighted by Gasteiger charge is -2.36. The number of piperidine rings is 1. The zero-order valence-corrected chi connectivity index (χ0v) is 9.97. The summed E-state index contributed by atoms with van der Waals surface area (Å²) in [6.07, 6.45) is 4.26. The van der Waals surface area contributed by atoms with Crippen molar-refractivity contribution < 1.29 is 5.11 Å². The predicted molar refractivity (Wildman–Crippen MR) is 69.7 cm³/mol. The lowest BCUT2D eigenvalue weighted by atomic mass is 9.99. The first-order valence-electron chi connectivity index (χ1n) is 6.12. The van der Waals surface area contributed by atoms with Crippen molar-refractivity contribution in [3.63, 3.8) is 0 Å². The van der Waals surface area contributed by atoms with Crippen molar-refractivity contribution >= 4 is 17.3 Å². The van der Waals surface area contributed by atoms with E-state index in [1.54, 1.807) is 6.07 Å². The van der Waals surface area contributed by atoms with Crippen LogP contribution >= 0.6 is 0 Å². The highest BCUT2D eigenvalue weighted by Crippen LogP contribution is 2.26. The Labute approximate surface area is 101 Å². The third-order valence-corrected chi connectivity index (χ3v) is 3.33. The second-order valence-corrected chi connectivity index (χ2v) is 4.50. The second-order valence-electron chi connectivity index (χ2n) is 4.50. The first kappa shape index (κ1) is 12.0. The molecular weight excluding hydrogens is 216 g/mol. The molecule has 2 heterocycles. The van der Waals surface area contributed by atoms with Crippen LogP contribution in [-0.2, 0) is 0 Å². The fraction of sp³-hybridized carbons (Fsp3) is 0.583. The summed E-state index contributed by atoms with van der Waals surface area (Å²) in [5.41, 5.74) is 11.9. The number of hydrogen-bond donors (Lipinski definition) is 3. The van der Waals surface area contributed by atoms with Crippen LogP contribution in [0, 0.1) is 0 Å². The number of nitrogen functional groups attached to an aromatic ring is 2. The van der Waals surface area contributed by atoms with Gasteiger partial charge in [0.25, 0.3) is 0 Å². The molecule has 0 amide bonds. The number of aliphatic hydroxyl groups is 1. The van der Waals surface area contributed by atoms with Crippen LogP contribution in [-0.4, -0.2) is 29.3 Å². The van der Waals surface area contributed by atoms with Crippen LogP contribution in [0.25, 0.3) is 0 Å². The van der Waals surface area contributed by atoms with Crippen LogP contribution < -0.4 is 16.4 Å². The number of aromatic nitrogens is 1. The average molecular weight is 236 g/mol. The van der Waals surface area contributed by atoms with E-state index in [0.29, 0.717) is 17.5 Å². The molecule has 1 aliphatic rings. The van der Waals surface area contributed by atoms with Crippen molar-refractivity contribution in [1.82, 2.24) is 4.98 Å². The van der Waals surface area contributed by atoms with Crippen molar-refractivity contribution in [3.8, 4) is 0 Å². The lowest BCUT2D eigenvalue weighted by Crippen LogP contribution is -2.40. The van der Waals surface area contributed by atoms with E-state index in [4.69, 9.17) is 16.6 Å². The van der Waals surface area contributed by atoms with Gasteiger partial charge >= 0.3 is 0 Å². The largest absolute Gasteiger partial charge is 0.396 e. The minimum Gasteiger partial charge on any atom is -0.396 e. The molecule has 1 aliphatic heterocycles. The number of aliphatic hydroxyl groups excluding tert-OH is 1. The summed E-state index contributed by atoms with van der Waals surface area (Å²) in [5, 5.41) is 9.09. The minimum absolute atomic E-state index is 0.214. The van der Waals surface area contributed by atoms with Gasteiger partial charge in [0.05, 0.1) is 5.69 Å². The van der Waals surface area contributed by atoms with Crippen molar-refractivity contribution in [2.24, 2.45) is 0 Å². The van der Waals surface area contributed by atoms with Gasteiger partial charge in [-0.05, 0) is 37.8 Å². The van der Waals surface area contributed by atoms with Gasteiger partial charge in [-0.1, -0.05) is 0 Å². The molecule has 17 heavy (non-hydrogen) atoms. The van der Waals surface area contributed by atoms with Gasteiger partial charge in [0.2, 0.25) is 0 Å². The maximum absolute atomic E-state index is 9.09. The van der Waals surface area contributed by atoms with Crippen LogP contribution in [0.1, 0.15) is 25.7 Å². The molecule has 0 bridgehead atoms. The number of anilines is 3. The first-order valence-corrected chi connectivity index (χ1v) is 6.12. The van der Waals surface area contributed by atoms with Gasteiger partial charge in [-0.15, -0.1) is 0 Å². The van der Waals surface area contributed by atoms with Gasteiger partial charge in [0.1, 0.15) is 11.6 Å². The Bertz CT molecular complexity index is 381. The predicted octanol–water partition coefficient (Wildman–Crippen LogP) is 0.987. The quantitative estimate of drug-likeness (QED) is 0.728. The van der Waals surface area contributed by atoms with Crippen LogP contribution in [0.3, 0.4) is 0 Å². The Balaban J connectivity index is 2.20. The molecule has 0 spiro atoms. The molecule has 1 unspecified atom stereocenters. The molecule has 1 fully saturated rings. The highest BCUT2D eigenvalue weighted by Gasteiger charge is 2.23. The Morgan fingerprint density at radius 1 is 1.35 bits per heavy atom. The van der Waals surface area contributed by atoms with E-state index in [-0.39, 0.29) is 6.61 Å². The standard InChI is InChI=1S/C12H20N4O/c13-10-4-5-11(15-12(10)14)16-7-2-1-3-9(16)6-8-17/h4-5,9,17H,1-3,6-8,13H2,(H2,14,15). The molecule has 5 nitrogen and oxygen atoms in total. The molecule has 1 atom stereocenters. The average Bonchev–Trinajstić information content (AvgIpc) is 2.34. The highest BCUT2D eigenvalue weighted by molar-refractivity contribution is 5.62. The molecule has 5 N–H and O–H groups in total. The van der Waals surface area contributed by atoms with Gasteiger partial charge in [-0.3, -0.25) is 0 Å². The van der Waals surface area contributed by atoms with Crippen molar-refractivity contribution in [3.05, 3.63) is 12.1 Å². The molecule has 0 radical (unpaired) electrons. The Morgan fingerprint density at radius 2 is 2.18 bits per heavy atom. The van der Waals surface area contributed by atoms with Gasteiger partial charge in [-0.2, -0.15) is 0 Å². The van der Waals surface area contributed by atoms with E-state index in [1.165, 1.54) is 6.42 Å². The minimum atomic E-state index is 0.214. The number of nitrogens with two attached hydrogens (primary N) is 2. The number of hydrogen-bond acceptors (Lipinski definition) is 5. The molecule has 2 rings (SSSR count). The summed E-state index contributed by atoms with van der Waals surface area (Å²) in [6, 6.07) is 4.06. The molecule has 1 aromatic rings. The maximum Gasteiger partial charge on any atom is 0.149 e. The van der Waals surface area contributed by atoms with Gasteiger partial charge in [-0.25, -0.2) is 4.98 Å². The zero-order chi connectivity index (χ0) is 12.3. The summed E-state index contributed by atoms with van der Waals surface area (Å²) in [4.78, 5) is 6.56. The van der Waals surface area contributed by atoms with Crippen molar-refractivity contribution in [2.75, 3.05) is 29.5 Å². The normalized spacial score (nSPS) is 20.5. The number of nitrogens with zero attached hydrogens (tertiary/aromatic N) is 2. The summed E-state index contributed by atoms with van der Waals surface area (Å²) in [5.74, 6) is 1.26. The van der Waals surface area contributed by atoms with E-state index in [9.17, 15) is 0 Å². The Hall–Kier alpha value is -1.49. The third-order valence-electron chi connectivity index (χ3n) is 3.33. The molecule has 0 saturated carbocycles. The molecule has 0 aliphatic carbocycles. The SMILES string of the molecule is Nc1ccc(N2CCCCC2CCO)nc1N. The molecular formula is C12H20N4O. The number of pyridine rings is 1. The van der Waals surface area contributed by atoms with E-state index in [0.717, 1.165) is 31.6 Å². The molecule has 94 valence electrons. The smallest absolute Gasteiger partial charge is 0.149 e. The molecule has 5 heteroatoms. The van der Waals surface area contributed by atoms with Crippen molar-refractivity contribution in [1.29, 1.82) is 0 Å².